The largest absolute Gasteiger partial charge is 0.497 e. The zero-order chi connectivity index (χ0) is 14.7. The number of hydrogen-bond acceptors (Lipinski definition) is 1. The Morgan fingerprint density at radius 2 is 1.50 bits per heavy atom. The maximum atomic E-state index is 5.46. The van der Waals surface area contributed by atoms with Crippen molar-refractivity contribution in [2.75, 3.05) is 7.11 Å². The molecule has 0 aromatic heterocycles. The first kappa shape index (κ1) is 12.0. The summed E-state index contributed by atoms with van der Waals surface area (Å²) >= 11 is 0. The fraction of sp³-hybridized carbons (Fsp3) is 0.143. The van der Waals surface area contributed by atoms with E-state index < -0.39 is 0 Å². The van der Waals surface area contributed by atoms with Crippen LogP contribution in [0.25, 0.3) is 0 Å². The lowest BCUT2D eigenvalue weighted by Crippen LogP contribution is -2.54. The van der Waals surface area contributed by atoms with Crippen molar-refractivity contribution in [2.24, 2.45) is 0 Å². The highest BCUT2D eigenvalue weighted by atomic mass is 16.5. The average Bonchev–Trinajstić information content (AvgIpc) is 2.56. The highest BCUT2D eigenvalue weighted by Gasteiger charge is 2.62. The predicted octanol–water partition coefficient (Wildman–Crippen LogP) is 4.49. The third-order valence-corrected chi connectivity index (χ3v) is 5.36. The molecule has 0 amide bonds. The molecule has 2 aliphatic rings. The fourth-order valence-electron chi connectivity index (χ4n) is 4.48. The molecule has 5 rings (SSSR count). The van der Waals surface area contributed by atoms with Gasteiger partial charge in [0.2, 0.25) is 0 Å². The van der Waals surface area contributed by atoms with Gasteiger partial charge in [-0.25, -0.2) is 0 Å². The molecule has 3 aromatic carbocycles. The van der Waals surface area contributed by atoms with E-state index >= 15 is 0 Å². The molecule has 0 radical (unpaired) electrons. The Balaban J connectivity index is 1.82. The normalized spacial score (nSPS) is 23.4. The lowest BCUT2D eigenvalue weighted by molar-refractivity contribution is 0.381. The summed E-state index contributed by atoms with van der Waals surface area (Å²) in [5.41, 5.74) is 7.20. The Labute approximate surface area is 130 Å². The SMILES string of the molecule is COc1ccc2c(c1)C1(c3ccccc3)c3ccccc3C21. The van der Waals surface area contributed by atoms with Crippen molar-refractivity contribution >= 4 is 0 Å². The van der Waals surface area contributed by atoms with Gasteiger partial charge in [-0.05, 0) is 39.9 Å². The molecule has 0 spiro atoms. The van der Waals surface area contributed by atoms with Crippen LogP contribution in [-0.2, 0) is 5.41 Å². The predicted molar refractivity (Wildman–Crippen MR) is 87.6 cm³/mol. The maximum absolute atomic E-state index is 5.46. The van der Waals surface area contributed by atoms with E-state index in [1.807, 2.05) is 0 Å². The van der Waals surface area contributed by atoms with Crippen LogP contribution in [0.3, 0.4) is 0 Å². The van der Waals surface area contributed by atoms with Crippen LogP contribution in [0.5, 0.6) is 5.75 Å². The molecule has 0 saturated carbocycles. The van der Waals surface area contributed by atoms with Gasteiger partial charge in [-0.2, -0.15) is 0 Å². The van der Waals surface area contributed by atoms with Crippen LogP contribution in [-0.4, -0.2) is 7.11 Å². The monoisotopic (exact) mass is 284 g/mol. The van der Waals surface area contributed by atoms with Gasteiger partial charge < -0.3 is 4.74 Å². The van der Waals surface area contributed by atoms with Crippen molar-refractivity contribution in [3.63, 3.8) is 0 Å². The van der Waals surface area contributed by atoms with Crippen LogP contribution in [0.4, 0.5) is 0 Å². The lowest BCUT2D eigenvalue weighted by atomic mass is 9.40. The summed E-state index contributed by atoms with van der Waals surface area (Å²) in [5, 5.41) is 0. The minimum absolute atomic E-state index is 0.0295. The Morgan fingerprint density at radius 3 is 2.32 bits per heavy atom. The Bertz CT molecular complexity index is 881. The van der Waals surface area contributed by atoms with E-state index in [4.69, 9.17) is 4.74 Å². The van der Waals surface area contributed by atoms with Crippen LogP contribution in [0.1, 0.15) is 33.7 Å². The highest BCUT2D eigenvalue weighted by molar-refractivity contribution is 5.77. The van der Waals surface area contributed by atoms with Gasteiger partial charge in [0.05, 0.1) is 12.5 Å². The minimum Gasteiger partial charge on any atom is -0.497 e. The van der Waals surface area contributed by atoms with Crippen molar-refractivity contribution in [2.45, 2.75) is 11.3 Å². The molecule has 3 aromatic rings. The summed E-state index contributed by atoms with van der Waals surface area (Å²) in [6.07, 6.45) is 0. The van der Waals surface area contributed by atoms with Gasteiger partial charge in [0, 0.05) is 5.92 Å². The number of methoxy groups -OCH3 is 1. The molecule has 0 fully saturated rings. The number of benzene rings is 3. The van der Waals surface area contributed by atoms with Gasteiger partial charge in [-0.15, -0.1) is 0 Å². The first-order chi connectivity index (χ1) is 10.9. The van der Waals surface area contributed by atoms with Crippen LogP contribution in [0.15, 0.2) is 72.8 Å². The third-order valence-electron chi connectivity index (χ3n) is 5.36. The molecule has 0 saturated heterocycles. The third kappa shape index (κ3) is 1.17. The number of fused-ring (bicyclic) bond motifs is 7. The molecular formula is C21H16O. The van der Waals surface area contributed by atoms with Crippen LogP contribution in [0, 0.1) is 0 Å². The molecule has 22 heavy (non-hydrogen) atoms. The molecule has 2 unspecified atom stereocenters. The van der Waals surface area contributed by atoms with Crippen molar-refractivity contribution in [3.05, 3.63) is 101 Å². The summed E-state index contributed by atoms with van der Waals surface area (Å²) in [6.45, 7) is 0. The van der Waals surface area contributed by atoms with E-state index in [0.29, 0.717) is 5.92 Å². The number of rotatable bonds is 2. The van der Waals surface area contributed by atoms with Crippen LogP contribution in [0.2, 0.25) is 0 Å². The quantitative estimate of drug-likeness (QED) is 0.674. The summed E-state index contributed by atoms with van der Waals surface area (Å²) in [7, 11) is 1.74. The minimum atomic E-state index is 0.0295. The van der Waals surface area contributed by atoms with Gasteiger partial charge in [0.1, 0.15) is 5.75 Å². The first-order valence-electron chi connectivity index (χ1n) is 7.70. The van der Waals surface area contributed by atoms with Crippen molar-refractivity contribution in [1.82, 2.24) is 0 Å². The van der Waals surface area contributed by atoms with Crippen molar-refractivity contribution < 1.29 is 4.74 Å². The summed E-state index contributed by atoms with van der Waals surface area (Å²) in [5.74, 6) is 1.43. The van der Waals surface area contributed by atoms with E-state index in [9.17, 15) is 0 Å². The summed E-state index contributed by atoms with van der Waals surface area (Å²) in [6, 6.07) is 26.3. The molecule has 0 bridgehead atoms. The second-order valence-corrected chi connectivity index (χ2v) is 6.15. The molecule has 106 valence electrons. The Hall–Kier alpha value is -2.54. The standard InChI is InChI=1S/C21H16O/c1-22-15-11-12-17-19(13-15)21(14-7-3-2-4-8-14)18-10-6-5-9-16(18)20(17)21/h2-13,20H,1H3. The second-order valence-electron chi connectivity index (χ2n) is 6.15. The van der Waals surface area contributed by atoms with Gasteiger partial charge in [-0.3, -0.25) is 0 Å². The molecule has 0 heterocycles. The van der Waals surface area contributed by atoms with E-state index in [1.54, 1.807) is 7.11 Å². The highest BCUT2D eigenvalue weighted by Crippen LogP contribution is 2.70. The second kappa shape index (κ2) is 4.01. The summed E-state index contributed by atoms with van der Waals surface area (Å²) in [4.78, 5) is 0. The van der Waals surface area contributed by atoms with Crippen molar-refractivity contribution in [1.29, 1.82) is 0 Å². The molecule has 2 atom stereocenters. The van der Waals surface area contributed by atoms with E-state index in [-0.39, 0.29) is 5.41 Å². The van der Waals surface area contributed by atoms with E-state index in [2.05, 4.69) is 72.8 Å². The lowest BCUT2D eigenvalue weighted by Gasteiger charge is -2.61. The zero-order valence-corrected chi connectivity index (χ0v) is 12.4. The molecule has 0 aliphatic heterocycles. The molecule has 1 nitrogen and oxygen atoms in total. The Morgan fingerprint density at radius 1 is 0.773 bits per heavy atom. The fourth-order valence-corrected chi connectivity index (χ4v) is 4.48. The molecule has 1 heteroatoms. The smallest absolute Gasteiger partial charge is 0.119 e. The van der Waals surface area contributed by atoms with Crippen LogP contribution >= 0.6 is 0 Å². The van der Waals surface area contributed by atoms with Gasteiger partial charge >= 0.3 is 0 Å². The van der Waals surface area contributed by atoms with E-state index in [1.165, 1.54) is 27.8 Å². The topological polar surface area (TPSA) is 9.23 Å². The van der Waals surface area contributed by atoms with Gasteiger partial charge in [0.25, 0.3) is 0 Å². The molecular weight excluding hydrogens is 268 g/mol. The van der Waals surface area contributed by atoms with Gasteiger partial charge in [0.15, 0.2) is 0 Å². The van der Waals surface area contributed by atoms with Gasteiger partial charge in [-0.1, -0.05) is 60.7 Å². The number of hydrogen-bond donors (Lipinski definition) is 0. The summed E-state index contributed by atoms with van der Waals surface area (Å²) < 4.78 is 5.46. The zero-order valence-electron chi connectivity index (χ0n) is 12.4. The maximum Gasteiger partial charge on any atom is 0.119 e. The number of ether oxygens (including phenoxy) is 1. The van der Waals surface area contributed by atoms with Crippen molar-refractivity contribution in [3.8, 4) is 5.75 Å². The first-order valence-corrected chi connectivity index (χ1v) is 7.70. The molecule has 0 N–H and O–H groups in total. The average molecular weight is 284 g/mol. The molecule has 2 aliphatic carbocycles. The van der Waals surface area contributed by atoms with E-state index in [0.717, 1.165) is 5.75 Å². The Kier molecular flexibility index (Phi) is 2.20. The van der Waals surface area contributed by atoms with Crippen LogP contribution < -0.4 is 4.74 Å².